The summed E-state index contributed by atoms with van der Waals surface area (Å²) in [6.45, 7) is 8.52. The lowest BCUT2D eigenvalue weighted by Crippen LogP contribution is -2.34. The van der Waals surface area contributed by atoms with E-state index in [0.29, 0.717) is 5.82 Å². The van der Waals surface area contributed by atoms with Gasteiger partial charge in [0.15, 0.2) is 0 Å². The summed E-state index contributed by atoms with van der Waals surface area (Å²) < 4.78 is 5.24. The molecular formula is C19H29N3O3. The van der Waals surface area contributed by atoms with E-state index in [1.807, 2.05) is 32.9 Å². The number of nitrogens with zero attached hydrogens (tertiary/aromatic N) is 2. The first-order valence-electron chi connectivity index (χ1n) is 8.98. The molecule has 138 valence electrons. The zero-order valence-corrected chi connectivity index (χ0v) is 15.5. The lowest BCUT2D eigenvalue weighted by molar-refractivity contribution is -0.112. The van der Waals surface area contributed by atoms with Gasteiger partial charge >= 0.3 is 6.09 Å². The Balaban J connectivity index is 1.76. The number of aryl methyl sites for hydroxylation is 1. The zero-order chi connectivity index (χ0) is 18.3. The van der Waals surface area contributed by atoms with E-state index >= 15 is 0 Å². The molecule has 0 radical (unpaired) electrons. The third kappa shape index (κ3) is 7.22. The van der Waals surface area contributed by atoms with Crippen molar-refractivity contribution in [1.82, 2.24) is 9.88 Å². The summed E-state index contributed by atoms with van der Waals surface area (Å²) in [5.74, 6) is 0.761. The number of nitrogens with one attached hydrogen (secondary N) is 1. The molecule has 0 unspecified atom stereocenters. The van der Waals surface area contributed by atoms with Gasteiger partial charge in [-0.25, -0.2) is 9.78 Å². The fourth-order valence-electron chi connectivity index (χ4n) is 2.93. The van der Waals surface area contributed by atoms with Crippen molar-refractivity contribution in [2.24, 2.45) is 5.92 Å². The second-order valence-corrected chi connectivity index (χ2v) is 7.59. The topological polar surface area (TPSA) is 71.5 Å². The van der Waals surface area contributed by atoms with Gasteiger partial charge in [-0.1, -0.05) is 0 Å². The molecule has 0 bridgehead atoms. The van der Waals surface area contributed by atoms with Crippen molar-refractivity contribution in [1.29, 1.82) is 0 Å². The van der Waals surface area contributed by atoms with Gasteiger partial charge in [-0.2, -0.15) is 0 Å². The van der Waals surface area contributed by atoms with Crippen molar-refractivity contribution < 1.29 is 14.3 Å². The van der Waals surface area contributed by atoms with Crippen LogP contribution in [0, 0.1) is 5.92 Å². The van der Waals surface area contributed by atoms with Gasteiger partial charge in [-0.15, -0.1) is 0 Å². The number of aldehydes is 1. The molecule has 1 aliphatic rings. The molecule has 1 saturated heterocycles. The molecule has 25 heavy (non-hydrogen) atoms. The fraction of sp³-hybridized carbons (Fsp3) is 0.632. The van der Waals surface area contributed by atoms with Crippen LogP contribution in [-0.4, -0.2) is 47.5 Å². The van der Waals surface area contributed by atoms with Crippen LogP contribution < -0.4 is 5.32 Å². The Labute approximate surface area is 150 Å². The molecular weight excluding hydrogens is 318 g/mol. The van der Waals surface area contributed by atoms with Crippen molar-refractivity contribution >= 4 is 18.2 Å². The van der Waals surface area contributed by atoms with Crippen LogP contribution in [0.2, 0.25) is 0 Å². The van der Waals surface area contributed by atoms with Gasteiger partial charge in [-0.05, 0) is 83.8 Å². The minimum absolute atomic E-state index is 0.248. The molecule has 1 aromatic heterocycles. The number of aromatic nitrogens is 1. The molecule has 0 aliphatic carbocycles. The van der Waals surface area contributed by atoms with Crippen LogP contribution in [0.1, 0.15) is 45.6 Å². The molecule has 0 spiro atoms. The largest absolute Gasteiger partial charge is 0.444 e. The van der Waals surface area contributed by atoms with Gasteiger partial charge in [0.05, 0.1) is 0 Å². The maximum atomic E-state index is 11.8. The summed E-state index contributed by atoms with van der Waals surface area (Å²) in [6, 6.07) is 3.86. The number of hydrogen-bond donors (Lipinski definition) is 1. The van der Waals surface area contributed by atoms with Crippen molar-refractivity contribution in [3.63, 3.8) is 0 Å². The summed E-state index contributed by atoms with van der Waals surface area (Å²) in [6.07, 6.45) is 6.23. The van der Waals surface area contributed by atoms with Crippen LogP contribution in [-0.2, 0) is 16.0 Å². The lowest BCUT2D eigenvalue weighted by Gasteiger charge is -2.29. The van der Waals surface area contributed by atoms with Gasteiger partial charge < -0.3 is 14.4 Å². The minimum atomic E-state index is -0.529. The predicted octanol–water partition coefficient (Wildman–Crippen LogP) is 3.27. The SMILES string of the molecule is CC(C)(C)OC(=O)Nc1cc(CCCN2CCC(C=O)CC2)ccn1. The molecule has 0 atom stereocenters. The number of carbonyl (C=O) groups excluding carboxylic acids is 2. The normalized spacial score (nSPS) is 16.4. The average Bonchev–Trinajstić information content (AvgIpc) is 2.54. The monoisotopic (exact) mass is 347 g/mol. The Morgan fingerprint density at radius 3 is 2.76 bits per heavy atom. The third-order valence-electron chi connectivity index (χ3n) is 4.22. The van der Waals surface area contributed by atoms with E-state index in [-0.39, 0.29) is 5.92 Å². The van der Waals surface area contributed by atoms with E-state index in [0.717, 1.165) is 57.2 Å². The highest BCUT2D eigenvalue weighted by Gasteiger charge is 2.18. The second-order valence-electron chi connectivity index (χ2n) is 7.59. The molecule has 2 rings (SSSR count). The number of amides is 1. The van der Waals surface area contributed by atoms with Crippen LogP contribution in [0.4, 0.5) is 10.6 Å². The molecule has 1 fully saturated rings. The van der Waals surface area contributed by atoms with Crippen molar-refractivity contribution in [2.75, 3.05) is 25.0 Å². The maximum Gasteiger partial charge on any atom is 0.413 e. The highest BCUT2D eigenvalue weighted by atomic mass is 16.6. The Morgan fingerprint density at radius 2 is 2.12 bits per heavy atom. The number of rotatable bonds is 6. The quantitative estimate of drug-likeness (QED) is 0.800. The summed E-state index contributed by atoms with van der Waals surface area (Å²) in [5, 5.41) is 2.67. The molecule has 6 nitrogen and oxygen atoms in total. The number of pyridine rings is 1. The number of piperidine rings is 1. The van der Waals surface area contributed by atoms with Crippen LogP contribution in [0.15, 0.2) is 18.3 Å². The van der Waals surface area contributed by atoms with Gasteiger partial charge in [0, 0.05) is 12.1 Å². The minimum Gasteiger partial charge on any atom is -0.444 e. The number of ether oxygens (including phenoxy) is 1. The molecule has 0 saturated carbocycles. The zero-order valence-electron chi connectivity index (χ0n) is 15.5. The van der Waals surface area contributed by atoms with E-state index < -0.39 is 11.7 Å². The number of likely N-dealkylation sites (tertiary alicyclic amines) is 1. The van der Waals surface area contributed by atoms with Gasteiger partial charge in [0.25, 0.3) is 0 Å². The van der Waals surface area contributed by atoms with Gasteiger partial charge in [0.2, 0.25) is 0 Å². The lowest BCUT2D eigenvalue weighted by atomic mass is 9.98. The first-order chi connectivity index (χ1) is 11.9. The molecule has 1 amide bonds. The van der Waals surface area contributed by atoms with Crippen molar-refractivity contribution in [3.05, 3.63) is 23.9 Å². The first kappa shape index (κ1) is 19.4. The van der Waals surface area contributed by atoms with Crippen LogP contribution in [0.3, 0.4) is 0 Å². The fourth-order valence-corrected chi connectivity index (χ4v) is 2.93. The van der Waals surface area contributed by atoms with E-state index in [2.05, 4.69) is 15.2 Å². The van der Waals surface area contributed by atoms with Gasteiger partial charge in [-0.3, -0.25) is 5.32 Å². The van der Waals surface area contributed by atoms with E-state index in [1.54, 1.807) is 6.20 Å². The molecule has 1 N–H and O–H groups in total. The predicted molar refractivity (Wildman–Crippen MR) is 97.6 cm³/mol. The Hall–Kier alpha value is -1.95. The first-order valence-corrected chi connectivity index (χ1v) is 8.98. The van der Waals surface area contributed by atoms with Crippen LogP contribution >= 0.6 is 0 Å². The maximum absolute atomic E-state index is 11.8. The van der Waals surface area contributed by atoms with E-state index in [4.69, 9.17) is 4.74 Å². The highest BCUT2D eigenvalue weighted by molar-refractivity contribution is 5.83. The average molecular weight is 347 g/mol. The van der Waals surface area contributed by atoms with Crippen LogP contribution in [0.25, 0.3) is 0 Å². The van der Waals surface area contributed by atoms with Crippen molar-refractivity contribution in [2.45, 2.75) is 52.1 Å². The molecule has 6 heteroatoms. The smallest absolute Gasteiger partial charge is 0.413 e. The van der Waals surface area contributed by atoms with Crippen molar-refractivity contribution in [3.8, 4) is 0 Å². The van der Waals surface area contributed by atoms with Crippen LogP contribution in [0.5, 0.6) is 0 Å². The molecule has 2 heterocycles. The second kappa shape index (κ2) is 8.94. The third-order valence-corrected chi connectivity index (χ3v) is 4.22. The Morgan fingerprint density at radius 1 is 1.40 bits per heavy atom. The summed E-state index contributed by atoms with van der Waals surface area (Å²) in [4.78, 5) is 29.2. The summed E-state index contributed by atoms with van der Waals surface area (Å²) >= 11 is 0. The highest BCUT2D eigenvalue weighted by Crippen LogP contribution is 2.16. The van der Waals surface area contributed by atoms with E-state index in [1.165, 1.54) is 0 Å². The molecule has 1 aromatic rings. The summed E-state index contributed by atoms with van der Waals surface area (Å²) in [5.41, 5.74) is 0.614. The number of carbonyl (C=O) groups is 2. The Kier molecular flexibility index (Phi) is 6.93. The summed E-state index contributed by atoms with van der Waals surface area (Å²) in [7, 11) is 0. The van der Waals surface area contributed by atoms with Gasteiger partial charge in [0.1, 0.15) is 17.7 Å². The molecule has 1 aliphatic heterocycles. The van der Waals surface area contributed by atoms with E-state index in [9.17, 15) is 9.59 Å². The number of anilines is 1. The Bertz CT molecular complexity index is 576. The standard InChI is InChI=1S/C19H29N3O3/c1-19(2,3)25-18(24)21-17-13-15(6-9-20-17)5-4-10-22-11-7-16(14-23)8-12-22/h6,9,13-14,16H,4-5,7-8,10-12H2,1-3H3,(H,20,21,24). The molecule has 0 aromatic carbocycles. The number of hydrogen-bond acceptors (Lipinski definition) is 5.